The Balaban J connectivity index is 2.06. The highest BCUT2D eigenvalue weighted by atomic mass is 32.2. The zero-order chi connectivity index (χ0) is 14.0. The van der Waals surface area contributed by atoms with Gasteiger partial charge in [0.15, 0.2) is 5.76 Å². The van der Waals surface area contributed by atoms with Gasteiger partial charge in [0, 0.05) is 35.7 Å². The topological polar surface area (TPSA) is 71.5 Å². The molecule has 0 aromatic carbocycles. The van der Waals surface area contributed by atoms with E-state index >= 15 is 0 Å². The van der Waals surface area contributed by atoms with Gasteiger partial charge < -0.3 is 4.42 Å². The second-order valence-electron chi connectivity index (χ2n) is 5.12. The van der Waals surface area contributed by atoms with E-state index in [2.05, 4.69) is 24.2 Å². The van der Waals surface area contributed by atoms with Crippen molar-refractivity contribution in [2.24, 2.45) is 5.84 Å². The predicted molar refractivity (Wildman–Crippen MR) is 76.9 cm³/mol. The van der Waals surface area contributed by atoms with Crippen LogP contribution in [-0.4, -0.2) is 34.4 Å². The molecule has 6 heteroatoms. The lowest BCUT2D eigenvalue weighted by atomic mass is 10.2. The van der Waals surface area contributed by atoms with Crippen molar-refractivity contribution in [1.29, 1.82) is 0 Å². The van der Waals surface area contributed by atoms with Gasteiger partial charge in [-0.1, -0.05) is 13.8 Å². The smallest absolute Gasteiger partial charge is 0.300 e. The fourth-order valence-corrected chi connectivity index (χ4v) is 3.90. The third kappa shape index (κ3) is 3.52. The Morgan fingerprint density at radius 1 is 1.53 bits per heavy atom. The van der Waals surface area contributed by atoms with Gasteiger partial charge in [-0.25, -0.2) is 5.84 Å². The number of hydrogen-bond donors (Lipinski definition) is 2. The second kappa shape index (κ2) is 5.98. The minimum atomic E-state index is -0.384. The van der Waals surface area contributed by atoms with Crippen LogP contribution in [0.2, 0.25) is 0 Å². The van der Waals surface area contributed by atoms with Gasteiger partial charge >= 0.3 is 5.91 Å². The van der Waals surface area contributed by atoms with Crippen LogP contribution < -0.4 is 11.3 Å². The van der Waals surface area contributed by atoms with E-state index in [1.807, 2.05) is 18.7 Å². The molecule has 0 saturated carbocycles. The molecule has 1 aromatic heterocycles. The molecule has 19 heavy (non-hydrogen) atoms. The number of rotatable bonds is 3. The van der Waals surface area contributed by atoms with Gasteiger partial charge in [-0.2, -0.15) is 11.8 Å². The van der Waals surface area contributed by atoms with E-state index in [1.165, 1.54) is 0 Å². The summed E-state index contributed by atoms with van der Waals surface area (Å²) < 4.78 is 5.44. The number of carbonyl (C=O) groups is 1. The van der Waals surface area contributed by atoms with Crippen molar-refractivity contribution in [3.8, 4) is 0 Å². The Labute approximate surface area is 117 Å². The molecule has 0 aliphatic carbocycles. The van der Waals surface area contributed by atoms with Gasteiger partial charge in [-0.3, -0.25) is 15.1 Å². The van der Waals surface area contributed by atoms with E-state index in [0.717, 1.165) is 31.0 Å². The zero-order valence-electron chi connectivity index (χ0n) is 11.6. The summed E-state index contributed by atoms with van der Waals surface area (Å²) in [5, 5.41) is 1.28. The lowest BCUT2D eigenvalue weighted by molar-refractivity contribution is 0.0924. The van der Waals surface area contributed by atoms with Crippen LogP contribution >= 0.6 is 11.8 Å². The van der Waals surface area contributed by atoms with E-state index in [0.29, 0.717) is 10.5 Å². The molecule has 2 rings (SSSR count). The minimum absolute atomic E-state index is 0.280. The number of hydrogen-bond acceptors (Lipinski definition) is 5. The summed E-state index contributed by atoms with van der Waals surface area (Å²) in [6.07, 6.45) is 0. The number of nitrogens with zero attached hydrogens (tertiary/aromatic N) is 1. The number of carbonyl (C=O) groups excluding carboxylic acids is 1. The lowest BCUT2D eigenvalue weighted by Crippen LogP contribution is -2.39. The summed E-state index contributed by atoms with van der Waals surface area (Å²) in [5.74, 6) is 5.80. The number of furan rings is 1. The molecule has 5 nitrogen and oxygen atoms in total. The van der Waals surface area contributed by atoms with Crippen molar-refractivity contribution in [3.05, 3.63) is 23.2 Å². The highest BCUT2D eigenvalue weighted by Crippen LogP contribution is 2.26. The molecule has 2 unspecified atom stereocenters. The first-order valence-electron chi connectivity index (χ1n) is 6.47. The first-order chi connectivity index (χ1) is 8.99. The van der Waals surface area contributed by atoms with Gasteiger partial charge in [0.2, 0.25) is 0 Å². The standard InChI is InChI=1S/C13H21N3O2S/c1-8-5-16(6-9(2)19-8)7-11-4-12(13(17)15-14)18-10(11)3/h4,8-9H,5-7,14H2,1-3H3,(H,15,17). The zero-order valence-corrected chi connectivity index (χ0v) is 12.4. The van der Waals surface area contributed by atoms with Crippen LogP contribution in [0.4, 0.5) is 0 Å². The van der Waals surface area contributed by atoms with Gasteiger partial charge in [0.1, 0.15) is 5.76 Å². The van der Waals surface area contributed by atoms with Crippen molar-refractivity contribution >= 4 is 17.7 Å². The maximum absolute atomic E-state index is 11.4. The summed E-state index contributed by atoms with van der Waals surface area (Å²) in [6, 6.07) is 1.79. The fourth-order valence-electron chi connectivity index (χ4n) is 2.51. The van der Waals surface area contributed by atoms with E-state index in [4.69, 9.17) is 10.3 Å². The number of nitrogens with two attached hydrogens (primary N) is 1. The number of nitrogen functional groups attached to an aromatic ring is 1. The highest BCUT2D eigenvalue weighted by molar-refractivity contribution is 8.00. The molecule has 0 spiro atoms. The van der Waals surface area contributed by atoms with Gasteiger partial charge in [0.25, 0.3) is 0 Å². The summed E-state index contributed by atoms with van der Waals surface area (Å²) in [6.45, 7) is 9.35. The lowest BCUT2D eigenvalue weighted by Gasteiger charge is -2.34. The van der Waals surface area contributed by atoms with Crippen LogP contribution in [-0.2, 0) is 6.54 Å². The van der Waals surface area contributed by atoms with Crippen molar-refractivity contribution in [2.45, 2.75) is 37.8 Å². The molecule has 2 heterocycles. The monoisotopic (exact) mass is 283 g/mol. The largest absolute Gasteiger partial charge is 0.456 e. The van der Waals surface area contributed by atoms with E-state index in [9.17, 15) is 4.79 Å². The Kier molecular flexibility index (Phi) is 4.54. The third-order valence-electron chi connectivity index (χ3n) is 3.26. The molecule has 1 saturated heterocycles. The van der Waals surface area contributed by atoms with Crippen molar-refractivity contribution in [2.75, 3.05) is 13.1 Å². The highest BCUT2D eigenvalue weighted by Gasteiger charge is 2.23. The minimum Gasteiger partial charge on any atom is -0.456 e. The Hall–Kier alpha value is -0.980. The molecule has 0 radical (unpaired) electrons. The molecule has 1 aromatic rings. The molecule has 1 amide bonds. The molecule has 0 bridgehead atoms. The number of amides is 1. The van der Waals surface area contributed by atoms with Gasteiger partial charge in [0.05, 0.1) is 0 Å². The molecule has 1 aliphatic rings. The molecule has 2 atom stereocenters. The Bertz CT molecular complexity index is 451. The normalized spacial score (nSPS) is 24.4. The van der Waals surface area contributed by atoms with Gasteiger partial charge in [-0.15, -0.1) is 0 Å². The summed E-state index contributed by atoms with van der Waals surface area (Å²) >= 11 is 2.03. The number of aryl methyl sites for hydroxylation is 1. The first kappa shape index (κ1) is 14.4. The molecular formula is C13H21N3O2S. The van der Waals surface area contributed by atoms with Crippen LogP contribution in [0.5, 0.6) is 0 Å². The van der Waals surface area contributed by atoms with Crippen LogP contribution in [0.25, 0.3) is 0 Å². The summed E-state index contributed by atoms with van der Waals surface area (Å²) in [7, 11) is 0. The van der Waals surface area contributed by atoms with Gasteiger partial charge in [-0.05, 0) is 13.0 Å². The van der Waals surface area contributed by atoms with Crippen LogP contribution in [0, 0.1) is 6.92 Å². The summed E-state index contributed by atoms with van der Waals surface area (Å²) in [5.41, 5.74) is 3.15. The quantitative estimate of drug-likeness (QED) is 0.500. The molecule has 106 valence electrons. The maximum Gasteiger partial charge on any atom is 0.300 e. The first-order valence-corrected chi connectivity index (χ1v) is 7.42. The number of thioether (sulfide) groups is 1. The average Bonchev–Trinajstić information content (AvgIpc) is 2.68. The Morgan fingerprint density at radius 3 is 2.74 bits per heavy atom. The molecule has 3 N–H and O–H groups in total. The average molecular weight is 283 g/mol. The number of nitrogens with one attached hydrogen (secondary N) is 1. The van der Waals surface area contributed by atoms with E-state index in [-0.39, 0.29) is 11.7 Å². The number of hydrazine groups is 1. The summed E-state index contributed by atoms with van der Waals surface area (Å²) in [4.78, 5) is 13.8. The van der Waals surface area contributed by atoms with E-state index in [1.54, 1.807) is 6.07 Å². The van der Waals surface area contributed by atoms with Crippen LogP contribution in [0.15, 0.2) is 10.5 Å². The van der Waals surface area contributed by atoms with Crippen LogP contribution in [0.1, 0.15) is 35.7 Å². The SMILES string of the molecule is Cc1oc(C(=O)NN)cc1CN1CC(C)SC(C)C1. The Morgan fingerprint density at radius 2 is 2.16 bits per heavy atom. The molecular weight excluding hydrogens is 262 g/mol. The third-order valence-corrected chi connectivity index (χ3v) is 4.49. The van der Waals surface area contributed by atoms with E-state index < -0.39 is 0 Å². The van der Waals surface area contributed by atoms with Crippen LogP contribution in [0.3, 0.4) is 0 Å². The van der Waals surface area contributed by atoms with Crippen molar-refractivity contribution in [3.63, 3.8) is 0 Å². The maximum atomic E-state index is 11.4. The molecule has 1 aliphatic heterocycles. The second-order valence-corrected chi connectivity index (χ2v) is 7.00. The molecule has 1 fully saturated rings. The van der Waals surface area contributed by atoms with Crippen molar-refractivity contribution < 1.29 is 9.21 Å². The predicted octanol–water partition coefficient (Wildman–Crippen LogP) is 1.52. The van der Waals surface area contributed by atoms with Crippen molar-refractivity contribution in [1.82, 2.24) is 10.3 Å². The fraction of sp³-hybridized carbons (Fsp3) is 0.615.